The van der Waals surface area contributed by atoms with Gasteiger partial charge in [-0.1, -0.05) is 15.9 Å². The van der Waals surface area contributed by atoms with Gasteiger partial charge in [0.1, 0.15) is 0 Å². The van der Waals surface area contributed by atoms with Crippen LogP contribution in [0.15, 0.2) is 35.1 Å². The maximum Gasteiger partial charge on any atom is 0.341 e. The zero-order valence-corrected chi connectivity index (χ0v) is 12.9. The predicted molar refractivity (Wildman–Crippen MR) is 79.8 cm³/mol. The molecular formula is C14H16BrN3O2. The Morgan fingerprint density at radius 3 is 2.95 bits per heavy atom. The molecule has 2 N–H and O–H groups in total. The quantitative estimate of drug-likeness (QED) is 0.871. The van der Waals surface area contributed by atoms with Crippen LogP contribution in [0.4, 0.5) is 0 Å². The van der Waals surface area contributed by atoms with E-state index in [1.54, 1.807) is 17.8 Å². The van der Waals surface area contributed by atoms with Gasteiger partial charge in [-0.15, -0.1) is 0 Å². The molecule has 20 heavy (non-hydrogen) atoms. The fourth-order valence-electron chi connectivity index (χ4n) is 1.87. The molecule has 0 aliphatic rings. The molecule has 0 amide bonds. The Morgan fingerprint density at radius 2 is 2.30 bits per heavy atom. The zero-order chi connectivity index (χ0) is 14.7. The van der Waals surface area contributed by atoms with E-state index in [2.05, 4.69) is 21.0 Å². The van der Waals surface area contributed by atoms with Crippen molar-refractivity contribution < 1.29 is 9.53 Å². The van der Waals surface area contributed by atoms with E-state index in [9.17, 15) is 4.79 Å². The summed E-state index contributed by atoms with van der Waals surface area (Å²) in [6.45, 7) is 4.01. The summed E-state index contributed by atoms with van der Waals surface area (Å²) in [5.74, 6) is -0.377. The summed E-state index contributed by atoms with van der Waals surface area (Å²) in [7, 11) is 0. The Morgan fingerprint density at radius 1 is 1.55 bits per heavy atom. The SMILES string of the molecule is CCOC(=O)c1cnn(-c2ccc(Br)cc2C(C)N)c1. The van der Waals surface area contributed by atoms with E-state index in [1.165, 1.54) is 6.20 Å². The first-order valence-electron chi connectivity index (χ1n) is 6.30. The van der Waals surface area contributed by atoms with Crippen LogP contribution in [0, 0.1) is 0 Å². The number of nitrogens with zero attached hydrogens (tertiary/aromatic N) is 2. The van der Waals surface area contributed by atoms with Crippen molar-refractivity contribution in [1.29, 1.82) is 0 Å². The highest BCUT2D eigenvalue weighted by molar-refractivity contribution is 9.10. The van der Waals surface area contributed by atoms with Crippen molar-refractivity contribution >= 4 is 21.9 Å². The lowest BCUT2D eigenvalue weighted by Gasteiger charge is -2.13. The molecule has 6 heteroatoms. The second-order valence-electron chi connectivity index (χ2n) is 4.39. The minimum absolute atomic E-state index is 0.141. The lowest BCUT2D eigenvalue weighted by Crippen LogP contribution is -2.10. The van der Waals surface area contributed by atoms with Crippen molar-refractivity contribution in [2.24, 2.45) is 5.73 Å². The third kappa shape index (κ3) is 3.08. The summed E-state index contributed by atoms with van der Waals surface area (Å²) in [6, 6.07) is 5.63. The van der Waals surface area contributed by atoms with Crippen LogP contribution in [0.5, 0.6) is 0 Å². The monoisotopic (exact) mass is 337 g/mol. The van der Waals surface area contributed by atoms with Gasteiger partial charge in [0.25, 0.3) is 0 Å². The molecule has 1 aromatic heterocycles. The highest BCUT2D eigenvalue weighted by Crippen LogP contribution is 2.24. The number of ether oxygens (including phenoxy) is 1. The molecule has 0 spiro atoms. The number of carbonyl (C=O) groups is 1. The summed E-state index contributed by atoms with van der Waals surface area (Å²) in [6.07, 6.45) is 3.14. The molecule has 106 valence electrons. The van der Waals surface area contributed by atoms with Crippen LogP contribution in [0.3, 0.4) is 0 Å². The standard InChI is InChI=1S/C14H16BrN3O2/c1-3-20-14(19)10-7-17-18(8-10)13-5-4-11(15)6-12(13)9(2)16/h4-9H,3,16H2,1-2H3. The van der Waals surface area contributed by atoms with Crippen LogP contribution in [-0.4, -0.2) is 22.4 Å². The fraction of sp³-hybridized carbons (Fsp3) is 0.286. The van der Waals surface area contributed by atoms with Crippen LogP contribution in [-0.2, 0) is 4.74 Å². The highest BCUT2D eigenvalue weighted by atomic mass is 79.9. The molecule has 0 saturated carbocycles. The van der Waals surface area contributed by atoms with E-state index in [4.69, 9.17) is 10.5 Å². The van der Waals surface area contributed by atoms with Gasteiger partial charge in [0.15, 0.2) is 0 Å². The van der Waals surface area contributed by atoms with E-state index in [-0.39, 0.29) is 12.0 Å². The summed E-state index contributed by atoms with van der Waals surface area (Å²) in [5, 5.41) is 4.21. The average molecular weight is 338 g/mol. The molecule has 0 fully saturated rings. The Bertz CT molecular complexity index is 623. The first-order valence-corrected chi connectivity index (χ1v) is 7.09. The van der Waals surface area contributed by atoms with E-state index in [1.807, 2.05) is 25.1 Å². The van der Waals surface area contributed by atoms with Gasteiger partial charge in [-0.05, 0) is 37.6 Å². The van der Waals surface area contributed by atoms with Gasteiger partial charge in [-0.2, -0.15) is 5.10 Å². The minimum Gasteiger partial charge on any atom is -0.462 e. The molecule has 0 aliphatic heterocycles. The van der Waals surface area contributed by atoms with Crippen molar-refractivity contribution in [3.05, 3.63) is 46.2 Å². The smallest absolute Gasteiger partial charge is 0.341 e. The third-order valence-electron chi connectivity index (χ3n) is 2.82. The highest BCUT2D eigenvalue weighted by Gasteiger charge is 2.14. The van der Waals surface area contributed by atoms with E-state index in [0.29, 0.717) is 12.2 Å². The predicted octanol–water partition coefficient (Wildman–Crippen LogP) is 2.83. The molecule has 0 bridgehead atoms. The molecule has 1 heterocycles. The van der Waals surface area contributed by atoms with Crippen molar-refractivity contribution in [2.45, 2.75) is 19.9 Å². The van der Waals surface area contributed by atoms with Crippen molar-refractivity contribution in [3.63, 3.8) is 0 Å². The largest absolute Gasteiger partial charge is 0.462 e. The maximum atomic E-state index is 11.7. The molecule has 1 unspecified atom stereocenters. The normalized spacial score (nSPS) is 12.2. The number of nitrogens with two attached hydrogens (primary N) is 1. The molecule has 0 saturated heterocycles. The minimum atomic E-state index is -0.377. The number of esters is 1. The van der Waals surface area contributed by atoms with Crippen LogP contribution in [0.1, 0.15) is 35.8 Å². The Kier molecular flexibility index (Phi) is 4.57. The number of hydrogen-bond acceptors (Lipinski definition) is 4. The van der Waals surface area contributed by atoms with Crippen molar-refractivity contribution in [3.8, 4) is 5.69 Å². The average Bonchev–Trinajstić information content (AvgIpc) is 2.88. The van der Waals surface area contributed by atoms with Crippen LogP contribution in [0.2, 0.25) is 0 Å². The van der Waals surface area contributed by atoms with Crippen LogP contribution < -0.4 is 5.73 Å². The van der Waals surface area contributed by atoms with Gasteiger partial charge >= 0.3 is 5.97 Å². The van der Waals surface area contributed by atoms with Gasteiger partial charge in [0.05, 0.1) is 24.1 Å². The van der Waals surface area contributed by atoms with E-state index >= 15 is 0 Å². The van der Waals surface area contributed by atoms with E-state index < -0.39 is 0 Å². The number of hydrogen-bond donors (Lipinski definition) is 1. The molecule has 2 aromatic rings. The Hall–Kier alpha value is -1.66. The molecule has 2 rings (SSSR count). The lowest BCUT2D eigenvalue weighted by molar-refractivity contribution is 0.0526. The topological polar surface area (TPSA) is 70.1 Å². The number of aromatic nitrogens is 2. The molecule has 1 atom stereocenters. The van der Waals surface area contributed by atoms with Gasteiger partial charge in [-0.25, -0.2) is 9.48 Å². The zero-order valence-electron chi connectivity index (χ0n) is 11.3. The van der Waals surface area contributed by atoms with Crippen molar-refractivity contribution in [1.82, 2.24) is 9.78 Å². The van der Waals surface area contributed by atoms with Gasteiger partial charge in [0, 0.05) is 16.7 Å². The van der Waals surface area contributed by atoms with Gasteiger partial charge in [0.2, 0.25) is 0 Å². The molecule has 0 aliphatic carbocycles. The van der Waals surface area contributed by atoms with Crippen LogP contribution >= 0.6 is 15.9 Å². The lowest BCUT2D eigenvalue weighted by atomic mass is 10.1. The first-order chi connectivity index (χ1) is 9.52. The molecule has 5 nitrogen and oxygen atoms in total. The van der Waals surface area contributed by atoms with Gasteiger partial charge in [-0.3, -0.25) is 0 Å². The van der Waals surface area contributed by atoms with Gasteiger partial charge < -0.3 is 10.5 Å². The van der Waals surface area contributed by atoms with E-state index in [0.717, 1.165) is 15.7 Å². The second kappa shape index (κ2) is 6.19. The molecular weight excluding hydrogens is 322 g/mol. The number of benzene rings is 1. The van der Waals surface area contributed by atoms with Crippen LogP contribution in [0.25, 0.3) is 5.69 Å². The number of rotatable bonds is 4. The molecule has 1 aromatic carbocycles. The van der Waals surface area contributed by atoms with Crippen molar-refractivity contribution in [2.75, 3.05) is 6.61 Å². The number of carbonyl (C=O) groups excluding carboxylic acids is 1. The Balaban J connectivity index is 2.40. The third-order valence-corrected chi connectivity index (χ3v) is 3.31. The molecule has 0 radical (unpaired) electrons. The second-order valence-corrected chi connectivity index (χ2v) is 5.30. The fourth-order valence-corrected chi connectivity index (χ4v) is 2.25. The Labute approximate surface area is 125 Å². The number of halogens is 1. The first kappa shape index (κ1) is 14.7. The summed E-state index contributed by atoms with van der Waals surface area (Å²) < 4.78 is 7.54. The summed E-state index contributed by atoms with van der Waals surface area (Å²) in [4.78, 5) is 11.7. The maximum absolute atomic E-state index is 11.7. The summed E-state index contributed by atoms with van der Waals surface area (Å²) >= 11 is 3.43. The summed E-state index contributed by atoms with van der Waals surface area (Å²) in [5.41, 5.74) is 8.19.